The summed E-state index contributed by atoms with van der Waals surface area (Å²) < 4.78 is 5.46. The highest BCUT2D eigenvalue weighted by molar-refractivity contribution is 5.73. The van der Waals surface area contributed by atoms with E-state index in [0.29, 0.717) is 13.0 Å². The van der Waals surface area contributed by atoms with Crippen molar-refractivity contribution in [2.24, 2.45) is 11.8 Å². The van der Waals surface area contributed by atoms with Crippen molar-refractivity contribution >= 4 is 12.1 Å². The number of carboxylic acid groups (broad SMARTS) is 1. The normalized spacial score (nSPS) is 30.6. The summed E-state index contributed by atoms with van der Waals surface area (Å²) in [5.74, 6) is -0.938. The molecule has 0 aromatic heterocycles. The Bertz CT molecular complexity index is 388. The van der Waals surface area contributed by atoms with Crippen molar-refractivity contribution < 1.29 is 19.4 Å². The lowest BCUT2D eigenvalue weighted by atomic mass is 9.72. The van der Waals surface area contributed by atoms with Crippen molar-refractivity contribution in [2.75, 3.05) is 6.54 Å². The van der Waals surface area contributed by atoms with Crippen LogP contribution in [0.1, 0.15) is 52.9 Å². The number of carbonyl (C=O) groups is 2. The lowest BCUT2D eigenvalue weighted by Crippen LogP contribution is -2.55. The van der Waals surface area contributed by atoms with Crippen LogP contribution in [0.5, 0.6) is 0 Å². The second-order valence-corrected chi connectivity index (χ2v) is 6.92. The summed E-state index contributed by atoms with van der Waals surface area (Å²) in [5.41, 5.74) is -0.509. The molecule has 2 fully saturated rings. The topological polar surface area (TPSA) is 66.8 Å². The molecule has 1 saturated carbocycles. The van der Waals surface area contributed by atoms with Crippen LogP contribution in [0.15, 0.2) is 0 Å². The highest BCUT2D eigenvalue weighted by Crippen LogP contribution is 2.39. The van der Waals surface area contributed by atoms with Crippen LogP contribution in [0.4, 0.5) is 4.79 Å². The molecule has 1 aliphatic carbocycles. The molecule has 5 nitrogen and oxygen atoms in total. The molecule has 0 radical (unpaired) electrons. The van der Waals surface area contributed by atoms with Crippen LogP contribution in [0.3, 0.4) is 0 Å². The molecular formula is C15H25NO4. The Labute approximate surface area is 120 Å². The monoisotopic (exact) mass is 283 g/mol. The maximum atomic E-state index is 12.3. The van der Waals surface area contributed by atoms with E-state index in [1.807, 2.05) is 20.8 Å². The predicted molar refractivity (Wildman–Crippen MR) is 74.4 cm³/mol. The van der Waals surface area contributed by atoms with Gasteiger partial charge in [-0.15, -0.1) is 0 Å². The maximum Gasteiger partial charge on any atom is 0.410 e. The van der Waals surface area contributed by atoms with Crippen molar-refractivity contribution in [1.29, 1.82) is 0 Å². The van der Waals surface area contributed by atoms with Crippen molar-refractivity contribution in [3.63, 3.8) is 0 Å². The molecule has 0 aromatic rings. The van der Waals surface area contributed by atoms with Crippen molar-refractivity contribution in [3.8, 4) is 0 Å². The smallest absolute Gasteiger partial charge is 0.410 e. The summed E-state index contributed by atoms with van der Waals surface area (Å²) >= 11 is 0. The molecule has 2 aliphatic rings. The van der Waals surface area contributed by atoms with Gasteiger partial charge in [0.2, 0.25) is 0 Å². The molecule has 114 valence electrons. The number of nitrogens with zero attached hydrogens (tertiary/aromatic N) is 1. The number of piperidine rings is 1. The van der Waals surface area contributed by atoms with E-state index in [1.54, 1.807) is 4.90 Å². The Hall–Kier alpha value is -1.26. The Balaban J connectivity index is 2.12. The van der Waals surface area contributed by atoms with E-state index in [-0.39, 0.29) is 24.0 Å². The highest BCUT2D eigenvalue weighted by atomic mass is 16.6. The van der Waals surface area contributed by atoms with E-state index < -0.39 is 11.6 Å². The fourth-order valence-corrected chi connectivity index (χ4v) is 3.51. The number of fused-ring (bicyclic) bond motifs is 1. The average Bonchev–Trinajstić information content (AvgIpc) is 2.35. The fourth-order valence-electron chi connectivity index (χ4n) is 3.51. The average molecular weight is 283 g/mol. The Morgan fingerprint density at radius 2 is 1.80 bits per heavy atom. The van der Waals surface area contributed by atoms with Gasteiger partial charge in [0.15, 0.2) is 0 Å². The minimum absolute atomic E-state index is 0.0356. The molecule has 2 rings (SSSR count). The van der Waals surface area contributed by atoms with Crippen LogP contribution in [0, 0.1) is 11.8 Å². The molecule has 0 aromatic carbocycles. The summed E-state index contributed by atoms with van der Waals surface area (Å²) in [6.45, 7) is 6.06. The van der Waals surface area contributed by atoms with E-state index in [2.05, 4.69) is 0 Å². The first kappa shape index (κ1) is 15.1. The largest absolute Gasteiger partial charge is 0.481 e. The van der Waals surface area contributed by atoms with E-state index in [9.17, 15) is 14.7 Å². The van der Waals surface area contributed by atoms with Gasteiger partial charge in [-0.2, -0.15) is 0 Å². The minimum atomic E-state index is -0.717. The maximum absolute atomic E-state index is 12.3. The second-order valence-electron chi connectivity index (χ2n) is 6.92. The number of hydrogen-bond donors (Lipinski definition) is 1. The van der Waals surface area contributed by atoms with Crippen LogP contribution in [0.2, 0.25) is 0 Å². The first-order valence-corrected chi connectivity index (χ1v) is 7.52. The van der Waals surface area contributed by atoms with E-state index in [0.717, 1.165) is 25.7 Å². The van der Waals surface area contributed by atoms with Crippen LogP contribution in [-0.2, 0) is 9.53 Å². The molecule has 1 amide bonds. The number of likely N-dealkylation sites (tertiary alicyclic amines) is 1. The van der Waals surface area contributed by atoms with Crippen molar-refractivity contribution in [3.05, 3.63) is 0 Å². The van der Waals surface area contributed by atoms with Gasteiger partial charge in [0.25, 0.3) is 0 Å². The second kappa shape index (κ2) is 5.62. The number of amides is 1. The molecule has 1 N–H and O–H groups in total. The standard InChI is InChI=1S/C15H25NO4/c1-15(2,3)20-14(19)16-9-8-11(13(17)18)10-6-4-5-7-12(10)16/h10-12H,4-9H2,1-3H3,(H,17,18). The van der Waals surface area contributed by atoms with Gasteiger partial charge < -0.3 is 14.7 Å². The van der Waals surface area contributed by atoms with E-state index in [4.69, 9.17) is 4.74 Å². The van der Waals surface area contributed by atoms with Crippen molar-refractivity contribution in [1.82, 2.24) is 4.90 Å². The molecule has 1 heterocycles. The zero-order valence-electron chi connectivity index (χ0n) is 12.6. The van der Waals surface area contributed by atoms with Gasteiger partial charge in [-0.05, 0) is 46.0 Å². The Morgan fingerprint density at radius 3 is 2.40 bits per heavy atom. The molecular weight excluding hydrogens is 258 g/mol. The Kier molecular flexibility index (Phi) is 4.25. The number of carboxylic acids is 1. The molecule has 1 saturated heterocycles. The van der Waals surface area contributed by atoms with Crippen LogP contribution < -0.4 is 0 Å². The zero-order valence-corrected chi connectivity index (χ0v) is 12.6. The lowest BCUT2D eigenvalue weighted by Gasteiger charge is -2.46. The Morgan fingerprint density at radius 1 is 1.15 bits per heavy atom. The van der Waals surface area contributed by atoms with Gasteiger partial charge >= 0.3 is 12.1 Å². The number of rotatable bonds is 1. The molecule has 5 heteroatoms. The predicted octanol–water partition coefficient (Wildman–Crippen LogP) is 2.89. The third-order valence-electron chi connectivity index (χ3n) is 4.32. The van der Waals surface area contributed by atoms with Crippen LogP contribution in [0.25, 0.3) is 0 Å². The summed E-state index contributed by atoms with van der Waals surface area (Å²) in [4.78, 5) is 25.5. The van der Waals surface area contributed by atoms with Gasteiger partial charge in [0.1, 0.15) is 5.60 Å². The van der Waals surface area contributed by atoms with Gasteiger partial charge in [-0.1, -0.05) is 12.8 Å². The van der Waals surface area contributed by atoms with Crippen molar-refractivity contribution in [2.45, 2.75) is 64.5 Å². The lowest BCUT2D eigenvalue weighted by molar-refractivity contribution is -0.148. The molecule has 3 unspecified atom stereocenters. The third kappa shape index (κ3) is 3.25. The SMILES string of the molecule is CC(C)(C)OC(=O)N1CCC(C(=O)O)C2CCCCC21. The van der Waals surface area contributed by atoms with E-state index >= 15 is 0 Å². The minimum Gasteiger partial charge on any atom is -0.481 e. The zero-order chi connectivity index (χ0) is 14.9. The highest BCUT2D eigenvalue weighted by Gasteiger charge is 2.45. The summed E-state index contributed by atoms with van der Waals surface area (Å²) in [6, 6.07) is 0.0356. The van der Waals surface area contributed by atoms with Gasteiger partial charge in [-0.3, -0.25) is 4.79 Å². The summed E-state index contributed by atoms with van der Waals surface area (Å²) in [7, 11) is 0. The van der Waals surface area contributed by atoms with Crippen LogP contribution >= 0.6 is 0 Å². The molecule has 0 spiro atoms. The number of carbonyl (C=O) groups excluding carboxylic acids is 1. The fraction of sp³-hybridized carbons (Fsp3) is 0.867. The number of hydrogen-bond acceptors (Lipinski definition) is 3. The summed E-state index contributed by atoms with van der Waals surface area (Å²) in [5, 5.41) is 9.35. The molecule has 1 aliphatic heterocycles. The number of aliphatic carboxylic acids is 1. The summed E-state index contributed by atoms with van der Waals surface area (Å²) in [6.07, 6.45) is 4.17. The number of ether oxygens (including phenoxy) is 1. The third-order valence-corrected chi connectivity index (χ3v) is 4.32. The van der Waals surface area contributed by atoms with Crippen LogP contribution in [-0.4, -0.2) is 40.3 Å². The van der Waals surface area contributed by atoms with Gasteiger partial charge in [-0.25, -0.2) is 4.79 Å². The molecule has 3 atom stereocenters. The van der Waals surface area contributed by atoms with Gasteiger partial charge in [0.05, 0.1) is 5.92 Å². The first-order chi connectivity index (χ1) is 9.29. The molecule has 20 heavy (non-hydrogen) atoms. The first-order valence-electron chi connectivity index (χ1n) is 7.52. The quantitative estimate of drug-likeness (QED) is 0.803. The molecule has 0 bridgehead atoms. The van der Waals surface area contributed by atoms with E-state index in [1.165, 1.54) is 0 Å². The van der Waals surface area contributed by atoms with Gasteiger partial charge in [0, 0.05) is 12.6 Å².